The van der Waals surface area contributed by atoms with Crippen LogP contribution in [0.2, 0.25) is 0 Å². The van der Waals surface area contributed by atoms with Gasteiger partial charge >= 0.3 is 5.97 Å². The molecule has 0 saturated heterocycles. The Morgan fingerprint density at radius 1 is 1.29 bits per heavy atom. The smallest absolute Gasteiger partial charge is 0.330 e. The van der Waals surface area contributed by atoms with Crippen LogP contribution in [-0.4, -0.2) is 24.8 Å². The van der Waals surface area contributed by atoms with Gasteiger partial charge in [0, 0.05) is 22.6 Å². The van der Waals surface area contributed by atoms with E-state index in [2.05, 4.69) is 28.6 Å². The molecule has 0 bridgehead atoms. The quantitative estimate of drug-likeness (QED) is 0.813. The predicted molar refractivity (Wildman–Crippen MR) is 85.1 cm³/mol. The SMILES string of the molecule is COC(=O)C1Cc2sccc2C(CCc2ccccc2)=N1. The van der Waals surface area contributed by atoms with Crippen molar-refractivity contribution in [3.63, 3.8) is 0 Å². The third-order valence-corrected chi connectivity index (χ3v) is 4.66. The first-order valence-electron chi connectivity index (χ1n) is 7.03. The first-order chi connectivity index (χ1) is 10.3. The predicted octanol–water partition coefficient (Wildman–Crippen LogP) is 3.27. The van der Waals surface area contributed by atoms with E-state index in [0.29, 0.717) is 6.42 Å². The van der Waals surface area contributed by atoms with E-state index < -0.39 is 0 Å². The number of esters is 1. The summed E-state index contributed by atoms with van der Waals surface area (Å²) in [5.74, 6) is -0.244. The van der Waals surface area contributed by atoms with Crippen LogP contribution in [0.15, 0.2) is 46.8 Å². The third-order valence-electron chi connectivity index (χ3n) is 3.71. The minimum absolute atomic E-state index is 0.244. The van der Waals surface area contributed by atoms with Gasteiger partial charge in [-0.05, 0) is 29.9 Å². The molecule has 1 aromatic carbocycles. The highest BCUT2D eigenvalue weighted by molar-refractivity contribution is 7.10. The second-order valence-corrected chi connectivity index (χ2v) is 6.06. The van der Waals surface area contributed by atoms with Gasteiger partial charge in [-0.25, -0.2) is 4.79 Å². The molecule has 108 valence electrons. The van der Waals surface area contributed by atoms with Gasteiger partial charge in [0.1, 0.15) is 0 Å². The van der Waals surface area contributed by atoms with Gasteiger partial charge in [0.25, 0.3) is 0 Å². The fourth-order valence-corrected chi connectivity index (χ4v) is 3.55. The normalized spacial score (nSPS) is 17.0. The van der Waals surface area contributed by atoms with Crippen LogP contribution in [0.4, 0.5) is 0 Å². The number of rotatable bonds is 4. The number of nitrogens with zero attached hydrogens (tertiary/aromatic N) is 1. The number of hydrogen-bond acceptors (Lipinski definition) is 4. The molecule has 1 atom stereocenters. The summed E-state index contributed by atoms with van der Waals surface area (Å²) < 4.78 is 4.85. The van der Waals surface area contributed by atoms with Crippen LogP contribution in [0.25, 0.3) is 0 Å². The van der Waals surface area contributed by atoms with E-state index in [9.17, 15) is 4.79 Å². The van der Waals surface area contributed by atoms with Gasteiger partial charge in [-0.15, -0.1) is 11.3 Å². The molecule has 0 saturated carbocycles. The molecule has 0 aliphatic carbocycles. The highest BCUT2D eigenvalue weighted by Crippen LogP contribution is 2.27. The molecule has 2 aromatic rings. The van der Waals surface area contributed by atoms with Crippen molar-refractivity contribution in [2.75, 3.05) is 7.11 Å². The van der Waals surface area contributed by atoms with E-state index in [4.69, 9.17) is 4.74 Å². The molecule has 21 heavy (non-hydrogen) atoms. The monoisotopic (exact) mass is 299 g/mol. The van der Waals surface area contributed by atoms with Crippen molar-refractivity contribution in [2.24, 2.45) is 4.99 Å². The molecule has 4 heteroatoms. The first-order valence-corrected chi connectivity index (χ1v) is 7.91. The van der Waals surface area contributed by atoms with Crippen LogP contribution in [0.3, 0.4) is 0 Å². The number of methoxy groups -OCH3 is 1. The average Bonchev–Trinajstić information content (AvgIpc) is 3.01. The van der Waals surface area contributed by atoms with Crippen LogP contribution in [0, 0.1) is 0 Å². The van der Waals surface area contributed by atoms with E-state index in [1.807, 2.05) is 18.2 Å². The molecule has 3 nitrogen and oxygen atoms in total. The number of aliphatic imine (C=N–C) groups is 1. The molecule has 3 rings (SSSR count). The van der Waals surface area contributed by atoms with E-state index in [0.717, 1.165) is 18.6 Å². The fourth-order valence-electron chi connectivity index (χ4n) is 2.61. The number of fused-ring (bicyclic) bond motifs is 1. The molecule has 0 N–H and O–H groups in total. The minimum atomic E-state index is -0.382. The fraction of sp³-hybridized carbons (Fsp3) is 0.294. The van der Waals surface area contributed by atoms with Crippen molar-refractivity contribution in [3.05, 3.63) is 57.8 Å². The van der Waals surface area contributed by atoms with Gasteiger partial charge in [0.05, 0.1) is 7.11 Å². The Bertz CT molecular complexity index is 660. The van der Waals surface area contributed by atoms with Gasteiger partial charge in [0.15, 0.2) is 6.04 Å². The van der Waals surface area contributed by atoms with Gasteiger partial charge in [0.2, 0.25) is 0 Å². The Labute approximate surface area is 128 Å². The van der Waals surface area contributed by atoms with Gasteiger partial charge < -0.3 is 4.74 Å². The first kappa shape index (κ1) is 14.0. The molecule has 0 radical (unpaired) electrons. The third kappa shape index (κ3) is 3.05. The maximum absolute atomic E-state index is 11.8. The number of carbonyl (C=O) groups is 1. The Morgan fingerprint density at radius 2 is 2.10 bits per heavy atom. The van der Waals surface area contributed by atoms with Crippen molar-refractivity contribution in [3.8, 4) is 0 Å². The second-order valence-electron chi connectivity index (χ2n) is 5.06. The standard InChI is InChI=1S/C17H17NO2S/c1-20-17(19)15-11-16-13(9-10-21-16)14(18-15)8-7-12-5-3-2-4-6-12/h2-6,9-10,15H,7-8,11H2,1H3. The van der Waals surface area contributed by atoms with Crippen molar-refractivity contribution in [2.45, 2.75) is 25.3 Å². The molecule has 0 fully saturated rings. The van der Waals surface area contributed by atoms with Crippen LogP contribution < -0.4 is 0 Å². The largest absolute Gasteiger partial charge is 0.467 e. The molecule has 2 heterocycles. The zero-order valence-electron chi connectivity index (χ0n) is 11.9. The van der Waals surface area contributed by atoms with Gasteiger partial charge in [-0.3, -0.25) is 4.99 Å². The average molecular weight is 299 g/mol. The highest BCUT2D eigenvalue weighted by Gasteiger charge is 2.27. The van der Waals surface area contributed by atoms with Crippen LogP contribution in [-0.2, 0) is 22.4 Å². The summed E-state index contributed by atoms with van der Waals surface area (Å²) in [5, 5.41) is 2.07. The maximum Gasteiger partial charge on any atom is 0.330 e. The molecular weight excluding hydrogens is 282 g/mol. The molecule has 1 aromatic heterocycles. The number of hydrogen-bond donors (Lipinski definition) is 0. The van der Waals surface area contributed by atoms with E-state index in [1.165, 1.54) is 23.1 Å². The minimum Gasteiger partial charge on any atom is -0.467 e. The molecular formula is C17H17NO2S. The Hall–Kier alpha value is -1.94. The highest BCUT2D eigenvalue weighted by atomic mass is 32.1. The number of benzene rings is 1. The summed E-state index contributed by atoms with van der Waals surface area (Å²) in [5.41, 5.74) is 3.52. The summed E-state index contributed by atoms with van der Waals surface area (Å²) >= 11 is 1.69. The lowest BCUT2D eigenvalue weighted by Crippen LogP contribution is -2.28. The summed E-state index contributed by atoms with van der Waals surface area (Å²) in [6.45, 7) is 0. The summed E-state index contributed by atoms with van der Waals surface area (Å²) in [7, 11) is 1.42. The summed E-state index contributed by atoms with van der Waals surface area (Å²) in [6, 6.07) is 12.1. The summed E-state index contributed by atoms with van der Waals surface area (Å²) in [6.07, 6.45) is 2.44. The van der Waals surface area contributed by atoms with Crippen LogP contribution in [0.5, 0.6) is 0 Å². The zero-order chi connectivity index (χ0) is 14.7. The lowest BCUT2D eigenvalue weighted by atomic mass is 9.97. The zero-order valence-corrected chi connectivity index (χ0v) is 12.7. The van der Waals surface area contributed by atoms with E-state index in [-0.39, 0.29) is 12.0 Å². The van der Waals surface area contributed by atoms with Crippen molar-refractivity contribution >= 4 is 23.0 Å². The number of carbonyl (C=O) groups excluding carboxylic acids is 1. The molecule has 1 aliphatic rings. The Kier molecular flexibility index (Phi) is 4.15. The molecule has 1 aliphatic heterocycles. The topological polar surface area (TPSA) is 38.7 Å². The van der Waals surface area contributed by atoms with Gasteiger partial charge in [-0.1, -0.05) is 30.3 Å². The van der Waals surface area contributed by atoms with E-state index in [1.54, 1.807) is 11.3 Å². The molecule has 0 amide bonds. The van der Waals surface area contributed by atoms with Crippen molar-refractivity contribution < 1.29 is 9.53 Å². The number of thiophene rings is 1. The molecule has 0 spiro atoms. The lowest BCUT2D eigenvalue weighted by Gasteiger charge is -2.19. The molecule has 1 unspecified atom stereocenters. The van der Waals surface area contributed by atoms with Crippen molar-refractivity contribution in [1.82, 2.24) is 0 Å². The summed E-state index contributed by atoms with van der Waals surface area (Å²) in [4.78, 5) is 17.7. The Morgan fingerprint density at radius 3 is 2.86 bits per heavy atom. The number of aryl methyl sites for hydroxylation is 1. The van der Waals surface area contributed by atoms with Crippen LogP contribution in [0.1, 0.15) is 22.4 Å². The lowest BCUT2D eigenvalue weighted by molar-refractivity contribution is -0.142. The van der Waals surface area contributed by atoms with Gasteiger partial charge in [-0.2, -0.15) is 0 Å². The maximum atomic E-state index is 11.8. The van der Waals surface area contributed by atoms with Crippen molar-refractivity contribution in [1.29, 1.82) is 0 Å². The Balaban J connectivity index is 1.80. The van der Waals surface area contributed by atoms with E-state index >= 15 is 0 Å². The second kappa shape index (κ2) is 6.22. The van der Waals surface area contributed by atoms with Crippen LogP contribution >= 0.6 is 11.3 Å². The number of ether oxygens (including phenoxy) is 1.